The zero-order valence-electron chi connectivity index (χ0n) is 11.1. The molecule has 0 saturated carbocycles. The van der Waals surface area contributed by atoms with Crippen LogP contribution in [0.25, 0.3) is 0 Å². The number of benzene rings is 1. The second kappa shape index (κ2) is 6.41. The average Bonchev–Trinajstić information content (AvgIpc) is 2.42. The molecule has 1 saturated heterocycles. The van der Waals surface area contributed by atoms with Gasteiger partial charge in [0.2, 0.25) is 0 Å². The normalized spacial score (nSPS) is 15.2. The standard InChI is InChI=1S/C14H19FN2O2/c1-2-19-14(18)16-13-10-11(6-7-12(13)15)17-8-4-3-5-9-17/h6-7,10H,2-5,8-9H2,1H3,(H,16,18). The van der Waals surface area contributed by atoms with E-state index in [1.165, 1.54) is 12.5 Å². The van der Waals surface area contributed by atoms with Crippen LogP contribution in [0.5, 0.6) is 0 Å². The van der Waals surface area contributed by atoms with Gasteiger partial charge >= 0.3 is 6.09 Å². The van der Waals surface area contributed by atoms with Gasteiger partial charge in [-0.15, -0.1) is 0 Å². The first kappa shape index (κ1) is 13.6. The van der Waals surface area contributed by atoms with Crippen molar-refractivity contribution in [2.45, 2.75) is 26.2 Å². The van der Waals surface area contributed by atoms with Gasteiger partial charge in [-0.2, -0.15) is 0 Å². The molecule has 0 radical (unpaired) electrons. The Morgan fingerprint density at radius 3 is 2.79 bits per heavy atom. The molecule has 19 heavy (non-hydrogen) atoms. The number of rotatable bonds is 3. The van der Waals surface area contributed by atoms with E-state index in [0.29, 0.717) is 0 Å². The molecule has 104 valence electrons. The van der Waals surface area contributed by atoms with Gasteiger partial charge in [0.05, 0.1) is 12.3 Å². The monoisotopic (exact) mass is 266 g/mol. The molecule has 5 heteroatoms. The Morgan fingerprint density at radius 2 is 2.11 bits per heavy atom. The van der Waals surface area contributed by atoms with Gasteiger partial charge in [0, 0.05) is 18.8 Å². The molecule has 1 heterocycles. The summed E-state index contributed by atoms with van der Waals surface area (Å²) in [6, 6.07) is 4.79. The van der Waals surface area contributed by atoms with Gasteiger partial charge in [-0.25, -0.2) is 9.18 Å². The third-order valence-electron chi connectivity index (χ3n) is 3.18. The highest BCUT2D eigenvalue weighted by molar-refractivity contribution is 5.85. The Bertz CT molecular complexity index is 445. The van der Waals surface area contributed by atoms with Crippen LogP contribution in [0.1, 0.15) is 26.2 Å². The van der Waals surface area contributed by atoms with E-state index in [1.54, 1.807) is 19.1 Å². The van der Waals surface area contributed by atoms with E-state index in [9.17, 15) is 9.18 Å². The fourth-order valence-corrected chi connectivity index (χ4v) is 2.23. The van der Waals surface area contributed by atoms with Gasteiger partial charge in [0.15, 0.2) is 0 Å². The zero-order valence-corrected chi connectivity index (χ0v) is 11.1. The van der Waals surface area contributed by atoms with Crippen molar-refractivity contribution >= 4 is 17.5 Å². The molecule has 0 unspecified atom stereocenters. The number of nitrogens with one attached hydrogen (secondary N) is 1. The number of ether oxygens (including phenoxy) is 1. The van der Waals surface area contributed by atoms with Crippen LogP contribution in [0, 0.1) is 5.82 Å². The first-order chi connectivity index (χ1) is 9.20. The Hall–Kier alpha value is -1.78. The van der Waals surface area contributed by atoms with Crippen molar-refractivity contribution in [1.29, 1.82) is 0 Å². The molecule has 2 rings (SSSR count). The van der Waals surface area contributed by atoms with Gasteiger partial charge in [0.25, 0.3) is 0 Å². The van der Waals surface area contributed by atoms with Gasteiger partial charge in [-0.05, 0) is 44.4 Å². The summed E-state index contributed by atoms with van der Waals surface area (Å²) in [5.74, 6) is -0.450. The highest BCUT2D eigenvalue weighted by Crippen LogP contribution is 2.25. The molecule has 1 amide bonds. The largest absolute Gasteiger partial charge is 0.450 e. The number of nitrogens with zero attached hydrogens (tertiary/aromatic N) is 1. The number of carbonyl (C=O) groups is 1. The SMILES string of the molecule is CCOC(=O)Nc1cc(N2CCCCC2)ccc1F. The minimum absolute atomic E-state index is 0.168. The Labute approximate surface area is 112 Å². The van der Waals surface area contributed by atoms with E-state index < -0.39 is 11.9 Å². The predicted molar refractivity (Wildman–Crippen MR) is 73.1 cm³/mol. The van der Waals surface area contributed by atoms with Gasteiger partial charge in [0.1, 0.15) is 5.82 Å². The summed E-state index contributed by atoms with van der Waals surface area (Å²) in [7, 11) is 0. The van der Waals surface area contributed by atoms with Gasteiger partial charge < -0.3 is 9.64 Å². The number of anilines is 2. The van der Waals surface area contributed by atoms with E-state index in [4.69, 9.17) is 4.74 Å². The summed E-state index contributed by atoms with van der Waals surface area (Å²) in [5, 5.41) is 2.43. The zero-order chi connectivity index (χ0) is 13.7. The van der Waals surface area contributed by atoms with Crippen LogP contribution in [-0.4, -0.2) is 25.8 Å². The van der Waals surface area contributed by atoms with E-state index in [0.717, 1.165) is 31.6 Å². The summed E-state index contributed by atoms with van der Waals surface area (Å²) in [4.78, 5) is 13.5. The van der Waals surface area contributed by atoms with Crippen LogP contribution in [0.3, 0.4) is 0 Å². The molecule has 1 aliphatic rings. The maximum Gasteiger partial charge on any atom is 0.411 e. The lowest BCUT2D eigenvalue weighted by molar-refractivity contribution is 0.168. The van der Waals surface area contributed by atoms with Crippen LogP contribution in [0.4, 0.5) is 20.6 Å². The number of halogens is 1. The summed E-state index contributed by atoms with van der Waals surface area (Å²) >= 11 is 0. The first-order valence-electron chi connectivity index (χ1n) is 6.69. The molecule has 1 aromatic carbocycles. The summed E-state index contributed by atoms with van der Waals surface area (Å²) in [5.41, 5.74) is 1.11. The fraction of sp³-hybridized carbons (Fsp3) is 0.500. The van der Waals surface area contributed by atoms with Crippen LogP contribution in [0.2, 0.25) is 0 Å². The minimum Gasteiger partial charge on any atom is -0.450 e. The molecule has 1 aromatic rings. The van der Waals surface area contributed by atoms with Crippen molar-refractivity contribution < 1.29 is 13.9 Å². The summed E-state index contributed by atoms with van der Waals surface area (Å²) in [6.45, 7) is 3.92. The lowest BCUT2D eigenvalue weighted by Gasteiger charge is -2.29. The Morgan fingerprint density at radius 1 is 1.37 bits per heavy atom. The van der Waals surface area contributed by atoms with Gasteiger partial charge in [-0.1, -0.05) is 0 Å². The lowest BCUT2D eigenvalue weighted by Crippen LogP contribution is -2.29. The molecular weight excluding hydrogens is 247 g/mol. The van der Waals surface area contributed by atoms with Crippen molar-refractivity contribution in [1.82, 2.24) is 0 Å². The van der Waals surface area contributed by atoms with Crippen molar-refractivity contribution in [2.24, 2.45) is 0 Å². The van der Waals surface area contributed by atoms with E-state index >= 15 is 0 Å². The second-order valence-corrected chi connectivity index (χ2v) is 4.56. The number of amides is 1. The predicted octanol–water partition coefficient (Wildman–Crippen LogP) is 3.38. The van der Waals surface area contributed by atoms with Gasteiger partial charge in [-0.3, -0.25) is 5.32 Å². The number of hydrogen-bond acceptors (Lipinski definition) is 3. The van der Waals surface area contributed by atoms with Crippen LogP contribution >= 0.6 is 0 Å². The van der Waals surface area contributed by atoms with Crippen LogP contribution in [0.15, 0.2) is 18.2 Å². The quantitative estimate of drug-likeness (QED) is 0.911. The summed E-state index contributed by atoms with van der Waals surface area (Å²) in [6.07, 6.45) is 2.92. The molecule has 1 fully saturated rings. The molecule has 0 aliphatic carbocycles. The summed E-state index contributed by atoms with van der Waals surface area (Å²) < 4.78 is 18.4. The lowest BCUT2D eigenvalue weighted by atomic mass is 10.1. The molecule has 1 aliphatic heterocycles. The van der Waals surface area contributed by atoms with E-state index in [1.807, 2.05) is 0 Å². The minimum atomic E-state index is -0.628. The Balaban J connectivity index is 2.11. The second-order valence-electron chi connectivity index (χ2n) is 4.56. The molecule has 0 atom stereocenters. The molecule has 0 spiro atoms. The number of carbonyl (C=O) groups excluding carboxylic acids is 1. The highest BCUT2D eigenvalue weighted by atomic mass is 19.1. The third-order valence-corrected chi connectivity index (χ3v) is 3.18. The number of piperidine rings is 1. The van der Waals surface area contributed by atoms with Crippen LogP contribution in [-0.2, 0) is 4.74 Å². The smallest absolute Gasteiger partial charge is 0.411 e. The van der Waals surface area contributed by atoms with Crippen LogP contribution < -0.4 is 10.2 Å². The molecule has 4 nitrogen and oxygen atoms in total. The van der Waals surface area contributed by atoms with Crippen molar-refractivity contribution in [3.05, 3.63) is 24.0 Å². The van der Waals surface area contributed by atoms with Crippen molar-refractivity contribution in [2.75, 3.05) is 29.9 Å². The molecular formula is C14H19FN2O2. The number of hydrogen-bond donors (Lipinski definition) is 1. The first-order valence-corrected chi connectivity index (χ1v) is 6.69. The Kier molecular flexibility index (Phi) is 4.60. The molecule has 1 N–H and O–H groups in total. The average molecular weight is 266 g/mol. The van der Waals surface area contributed by atoms with E-state index in [-0.39, 0.29) is 12.3 Å². The molecule has 0 bridgehead atoms. The van der Waals surface area contributed by atoms with Crippen molar-refractivity contribution in [3.63, 3.8) is 0 Å². The maximum atomic E-state index is 13.6. The maximum absolute atomic E-state index is 13.6. The van der Waals surface area contributed by atoms with Crippen molar-refractivity contribution in [3.8, 4) is 0 Å². The fourth-order valence-electron chi connectivity index (χ4n) is 2.23. The molecule has 0 aromatic heterocycles. The van der Waals surface area contributed by atoms with E-state index in [2.05, 4.69) is 10.2 Å². The topological polar surface area (TPSA) is 41.6 Å². The third kappa shape index (κ3) is 3.59. The highest BCUT2D eigenvalue weighted by Gasteiger charge is 2.14.